The largest absolute Gasteiger partial charge is 0.348 e. The molecule has 0 aliphatic carbocycles. The zero-order valence-electron chi connectivity index (χ0n) is 7.21. The summed E-state index contributed by atoms with van der Waals surface area (Å²) in [5.41, 5.74) is 0.819. The molecule has 14 heavy (non-hydrogen) atoms. The minimum absolute atomic E-state index is 0.229. The summed E-state index contributed by atoms with van der Waals surface area (Å²) in [6.07, 6.45) is 3.35. The lowest BCUT2D eigenvalue weighted by molar-refractivity contribution is 0.481. The highest BCUT2D eigenvalue weighted by molar-refractivity contribution is 7.85. The third-order valence-electron chi connectivity index (χ3n) is 1.87. The van der Waals surface area contributed by atoms with Crippen LogP contribution in [0.4, 0.5) is 5.82 Å². The van der Waals surface area contributed by atoms with Gasteiger partial charge in [0.2, 0.25) is 0 Å². The highest BCUT2D eigenvalue weighted by Gasteiger charge is 2.19. The van der Waals surface area contributed by atoms with E-state index in [1.807, 2.05) is 0 Å². The van der Waals surface area contributed by atoms with Crippen molar-refractivity contribution in [3.05, 3.63) is 17.8 Å². The van der Waals surface area contributed by atoms with Crippen molar-refractivity contribution in [3.63, 3.8) is 0 Å². The van der Waals surface area contributed by atoms with Crippen molar-refractivity contribution < 1.29 is 13.0 Å². The summed E-state index contributed by atoms with van der Waals surface area (Å²) in [4.78, 5) is 8.30. The van der Waals surface area contributed by atoms with Crippen LogP contribution in [0.25, 0.3) is 0 Å². The Hall–Kier alpha value is -1.34. The fourth-order valence-electron chi connectivity index (χ4n) is 1.36. The first-order chi connectivity index (χ1) is 6.56. The first kappa shape index (κ1) is 9.22. The molecule has 0 fully saturated rings. The second kappa shape index (κ2) is 3.10. The topological polar surface area (TPSA) is 85.8 Å². The number of hydrogen-bond acceptors (Lipinski definition) is 4. The minimum Gasteiger partial charge on any atom is -0.348 e. The van der Waals surface area contributed by atoms with E-state index in [4.69, 9.17) is 4.55 Å². The summed E-state index contributed by atoms with van der Waals surface area (Å²) in [7, 11) is -4.01. The molecule has 0 saturated carbocycles. The van der Waals surface area contributed by atoms with Crippen LogP contribution >= 0.6 is 0 Å². The number of aromatic amines is 1. The summed E-state index contributed by atoms with van der Waals surface area (Å²) in [6, 6.07) is 1.79. The van der Waals surface area contributed by atoms with Gasteiger partial charge in [0.15, 0.2) is 0 Å². The molecule has 0 amide bonds. The van der Waals surface area contributed by atoms with Crippen molar-refractivity contribution in [1.82, 2.24) is 4.98 Å². The summed E-state index contributed by atoms with van der Waals surface area (Å²) in [5, 5.41) is 0. The smallest absolute Gasteiger partial charge is 0.283 e. The molecular weight excluding hydrogens is 206 g/mol. The second-order valence-electron chi connectivity index (χ2n) is 2.99. The van der Waals surface area contributed by atoms with Crippen LogP contribution in [-0.2, 0) is 10.1 Å². The van der Waals surface area contributed by atoms with Crippen molar-refractivity contribution in [2.45, 2.75) is 0 Å². The van der Waals surface area contributed by atoms with Crippen LogP contribution in [0.3, 0.4) is 0 Å². The van der Waals surface area contributed by atoms with E-state index in [0.717, 1.165) is 5.56 Å². The lowest BCUT2D eigenvalue weighted by Gasteiger charge is -2.22. The van der Waals surface area contributed by atoms with Gasteiger partial charge in [-0.2, -0.15) is 8.42 Å². The van der Waals surface area contributed by atoms with E-state index in [1.165, 1.54) is 4.90 Å². The maximum atomic E-state index is 10.7. The average molecular weight is 215 g/mol. The van der Waals surface area contributed by atoms with Gasteiger partial charge in [-0.05, 0) is 6.07 Å². The predicted molar refractivity (Wildman–Crippen MR) is 52.1 cm³/mol. The maximum absolute atomic E-state index is 10.7. The molecule has 6 nitrogen and oxygen atoms in total. The fourth-order valence-corrected chi connectivity index (χ4v) is 1.97. The molecule has 1 aliphatic heterocycles. The highest BCUT2D eigenvalue weighted by Crippen LogP contribution is 2.20. The maximum Gasteiger partial charge on any atom is 0.283 e. The van der Waals surface area contributed by atoms with Crippen LogP contribution in [-0.4, -0.2) is 36.7 Å². The highest BCUT2D eigenvalue weighted by atomic mass is 32.2. The first-order valence-corrected chi connectivity index (χ1v) is 5.54. The van der Waals surface area contributed by atoms with Crippen LogP contribution in [0.2, 0.25) is 0 Å². The van der Waals surface area contributed by atoms with Gasteiger partial charge in [0.25, 0.3) is 10.1 Å². The SMILES string of the molecule is O=S(=O)(O)CN1CN=Cc2cc[nH]c21. The lowest BCUT2D eigenvalue weighted by Crippen LogP contribution is -2.32. The van der Waals surface area contributed by atoms with E-state index in [-0.39, 0.29) is 6.67 Å². The Bertz CT molecular complexity index is 462. The van der Waals surface area contributed by atoms with Gasteiger partial charge >= 0.3 is 0 Å². The second-order valence-corrected chi connectivity index (χ2v) is 4.41. The number of fused-ring (bicyclic) bond motifs is 1. The van der Waals surface area contributed by atoms with Gasteiger partial charge in [0, 0.05) is 18.0 Å². The summed E-state index contributed by atoms with van der Waals surface area (Å²) < 4.78 is 30.1. The number of rotatable bonds is 2. The monoisotopic (exact) mass is 215 g/mol. The summed E-state index contributed by atoms with van der Waals surface area (Å²) >= 11 is 0. The Morgan fingerprint density at radius 3 is 3.14 bits per heavy atom. The number of aromatic nitrogens is 1. The van der Waals surface area contributed by atoms with E-state index in [0.29, 0.717) is 5.82 Å². The minimum atomic E-state index is -4.01. The van der Waals surface area contributed by atoms with Gasteiger partial charge in [0.05, 0.1) is 0 Å². The van der Waals surface area contributed by atoms with Gasteiger partial charge in [-0.15, -0.1) is 0 Å². The van der Waals surface area contributed by atoms with Crippen molar-refractivity contribution >= 4 is 22.2 Å². The van der Waals surface area contributed by atoms with Gasteiger partial charge in [-0.25, -0.2) is 0 Å². The zero-order valence-corrected chi connectivity index (χ0v) is 8.03. The molecule has 0 saturated heterocycles. The predicted octanol–water partition coefficient (Wildman–Crippen LogP) is 0.0564. The summed E-state index contributed by atoms with van der Waals surface area (Å²) in [5.74, 6) is 0.218. The Labute approximate surface area is 81.0 Å². The third-order valence-corrected chi connectivity index (χ3v) is 2.51. The lowest BCUT2D eigenvalue weighted by atomic mass is 10.3. The molecule has 7 heteroatoms. The molecule has 2 N–H and O–H groups in total. The van der Waals surface area contributed by atoms with Crippen LogP contribution in [0, 0.1) is 0 Å². The number of anilines is 1. The molecule has 0 unspecified atom stereocenters. The number of nitrogens with one attached hydrogen (secondary N) is 1. The molecule has 0 spiro atoms. The first-order valence-electron chi connectivity index (χ1n) is 3.93. The Morgan fingerprint density at radius 2 is 2.43 bits per heavy atom. The molecule has 76 valence electrons. The average Bonchev–Trinajstić information content (AvgIpc) is 2.49. The van der Waals surface area contributed by atoms with Gasteiger partial charge < -0.3 is 9.88 Å². The molecule has 2 rings (SSSR count). The fraction of sp³-hybridized carbons (Fsp3) is 0.286. The number of H-pyrrole nitrogens is 1. The molecule has 0 bridgehead atoms. The Kier molecular flexibility index (Phi) is 2.05. The van der Waals surface area contributed by atoms with Crippen LogP contribution in [0.5, 0.6) is 0 Å². The summed E-state index contributed by atoms with van der Waals surface area (Å²) in [6.45, 7) is 0.229. The van der Waals surface area contributed by atoms with E-state index in [2.05, 4.69) is 9.98 Å². The van der Waals surface area contributed by atoms with Crippen LogP contribution in [0.1, 0.15) is 5.56 Å². The van der Waals surface area contributed by atoms with Gasteiger partial charge in [-0.3, -0.25) is 9.55 Å². The Morgan fingerprint density at radius 1 is 1.64 bits per heavy atom. The van der Waals surface area contributed by atoms with Gasteiger partial charge in [-0.1, -0.05) is 0 Å². The molecule has 0 aromatic carbocycles. The van der Waals surface area contributed by atoms with Crippen molar-refractivity contribution in [3.8, 4) is 0 Å². The standard InChI is InChI=1S/C7H9N3O3S/c11-14(12,13)5-10-4-8-3-6-1-2-9-7(6)10/h1-3,9H,4-5H2,(H,11,12,13). The molecule has 2 heterocycles. The van der Waals surface area contributed by atoms with E-state index in [1.54, 1.807) is 18.5 Å². The number of aliphatic imine (C=N–C) groups is 1. The molecular formula is C7H9N3O3S. The molecule has 1 aliphatic rings. The molecule has 1 aromatic heterocycles. The van der Waals surface area contributed by atoms with E-state index in [9.17, 15) is 8.42 Å². The Balaban J connectivity index is 2.29. The van der Waals surface area contributed by atoms with E-state index >= 15 is 0 Å². The number of nitrogens with zero attached hydrogens (tertiary/aromatic N) is 2. The normalized spacial score (nSPS) is 15.6. The number of hydrogen-bond donors (Lipinski definition) is 2. The van der Waals surface area contributed by atoms with E-state index < -0.39 is 16.0 Å². The van der Waals surface area contributed by atoms with Crippen molar-refractivity contribution in [2.24, 2.45) is 4.99 Å². The van der Waals surface area contributed by atoms with Crippen LogP contribution < -0.4 is 4.90 Å². The molecule has 0 radical (unpaired) electrons. The van der Waals surface area contributed by atoms with Crippen molar-refractivity contribution in [1.29, 1.82) is 0 Å². The van der Waals surface area contributed by atoms with Crippen LogP contribution in [0.15, 0.2) is 17.3 Å². The third kappa shape index (κ3) is 1.78. The van der Waals surface area contributed by atoms with Crippen molar-refractivity contribution in [2.75, 3.05) is 17.4 Å². The molecule has 0 atom stereocenters. The van der Waals surface area contributed by atoms with Gasteiger partial charge in [0.1, 0.15) is 18.4 Å². The zero-order chi connectivity index (χ0) is 10.2. The quantitative estimate of drug-likeness (QED) is 0.683. The molecule has 1 aromatic rings.